The van der Waals surface area contributed by atoms with Crippen molar-refractivity contribution in [1.29, 1.82) is 0 Å². The fourth-order valence-corrected chi connectivity index (χ4v) is 4.71. The second kappa shape index (κ2) is 10.8. The maximum absolute atomic E-state index is 12.6. The lowest BCUT2D eigenvalue weighted by Gasteiger charge is -2.22. The highest BCUT2D eigenvalue weighted by molar-refractivity contribution is 7.92. The zero-order valence-corrected chi connectivity index (χ0v) is 21.6. The summed E-state index contributed by atoms with van der Waals surface area (Å²) in [6.07, 6.45) is 2.53. The Morgan fingerprint density at radius 3 is 2.43 bits per heavy atom. The number of rotatable bonds is 9. The van der Waals surface area contributed by atoms with Crippen LogP contribution in [0.3, 0.4) is 0 Å². The lowest BCUT2D eigenvalue weighted by Crippen LogP contribution is -2.39. The first-order chi connectivity index (χ1) is 16.6. The van der Waals surface area contributed by atoms with Gasteiger partial charge in [0.1, 0.15) is 6.54 Å². The predicted molar refractivity (Wildman–Crippen MR) is 138 cm³/mol. The minimum atomic E-state index is -3.77. The van der Waals surface area contributed by atoms with Gasteiger partial charge in [-0.1, -0.05) is 23.7 Å². The summed E-state index contributed by atoms with van der Waals surface area (Å²) in [5.74, 6) is 0.167. The van der Waals surface area contributed by atoms with Gasteiger partial charge in [-0.15, -0.1) is 0 Å². The Morgan fingerprint density at radius 1 is 1.11 bits per heavy atom. The van der Waals surface area contributed by atoms with Crippen LogP contribution in [0.15, 0.2) is 53.6 Å². The van der Waals surface area contributed by atoms with E-state index in [2.05, 4.69) is 10.5 Å². The Balaban J connectivity index is 1.77. The number of halogens is 1. The van der Waals surface area contributed by atoms with Gasteiger partial charge in [-0.3, -0.25) is 9.10 Å². The Kier molecular flexibility index (Phi) is 8.08. The van der Waals surface area contributed by atoms with E-state index in [1.165, 1.54) is 32.6 Å². The largest absolute Gasteiger partial charge is 0.493 e. The minimum Gasteiger partial charge on any atom is -0.493 e. The molecule has 0 unspecified atom stereocenters. The zero-order valence-electron chi connectivity index (χ0n) is 20.1. The molecule has 0 atom stereocenters. The standard InChI is InChI=1S/C24H27ClN4O5S/c1-16-12-18(17(2)29(16)21-9-7-6-8-20(21)25)14-26-27-24(30)15-28(35(5,31)32)19-10-11-22(33-3)23(13-19)34-4/h6-14H,15H2,1-5H3,(H,27,30)/b26-14-. The molecule has 0 radical (unpaired) electrons. The van der Waals surface area contributed by atoms with Crippen LogP contribution in [0.1, 0.15) is 17.0 Å². The summed E-state index contributed by atoms with van der Waals surface area (Å²) in [5, 5.41) is 4.64. The van der Waals surface area contributed by atoms with Gasteiger partial charge in [0.05, 0.1) is 43.1 Å². The predicted octanol–water partition coefficient (Wildman–Crippen LogP) is 3.68. The van der Waals surface area contributed by atoms with Crippen LogP contribution < -0.4 is 19.2 Å². The van der Waals surface area contributed by atoms with Gasteiger partial charge in [0.2, 0.25) is 10.0 Å². The van der Waals surface area contributed by atoms with Crippen molar-refractivity contribution < 1.29 is 22.7 Å². The first-order valence-electron chi connectivity index (χ1n) is 10.5. The minimum absolute atomic E-state index is 0.257. The average molecular weight is 519 g/mol. The molecule has 1 aromatic heterocycles. The molecule has 0 aliphatic rings. The molecule has 0 aliphatic heterocycles. The number of benzene rings is 2. The van der Waals surface area contributed by atoms with E-state index in [4.69, 9.17) is 21.1 Å². The van der Waals surface area contributed by atoms with Crippen molar-refractivity contribution in [3.05, 3.63) is 70.5 Å². The monoisotopic (exact) mass is 518 g/mol. The SMILES string of the molecule is COc1ccc(N(CC(=O)N/N=C\c2cc(C)n(-c3ccccc3Cl)c2C)S(C)(=O)=O)cc1OC. The van der Waals surface area contributed by atoms with E-state index in [-0.39, 0.29) is 5.69 Å². The third kappa shape index (κ3) is 5.95. The molecule has 1 N–H and O–H groups in total. The lowest BCUT2D eigenvalue weighted by molar-refractivity contribution is -0.119. The first kappa shape index (κ1) is 26.1. The van der Waals surface area contributed by atoms with Crippen molar-refractivity contribution in [2.45, 2.75) is 13.8 Å². The number of hydrazone groups is 1. The van der Waals surface area contributed by atoms with Crippen LogP contribution in [0, 0.1) is 13.8 Å². The summed E-state index contributed by atoms with van der Waals surface area (Å²) < 4.78 is 38.2. The summed E-state index contributed by atoms with van der Waals surface area (Å²) in [6.45, 7) is 3.39. The number of para-hydroxylation sites is 1. The normalized spacial score (nSPS) is 11.5. The van der Waals surface area contributed by atoms with Gasteiger partial charge in [-0.05, 0) is 44.2 Å². The third-order valence-corrected chi connectivity index (χ3v) is 6.76. The van der Waals surface area contributed by atoms with Gasteiger partial charge in [0.15, 0.2) is 11.5 Å². The molecule has 0 saturated heterocycles. The summed E-state index contributed by atoms with van der Waals surface area (Å²) >= 11 is 6.35. The summed E-state index contributed by atoms with van der Waals surface area (Å²) in [5.41, 5.74) is 6.10. The quantitative estimate of drug-likeness (QED) is 0.344. The number of aryl methyl sites for hydroxylation is 1. The highest BCUT2D eigenvalue weighted by Crippen LogP contribution is 2.32. The van der Waals surface area contributed by atoms with Gasteiger partial charge in [0.25, 0.3) is 5.91 Å². The van der Waals surface area contributed by atoms with Crippen LogP contribution in [0.4, 0.5) is 5.69 Å². The highest BCUT2D eigenvalue weighted by Gasteiger charge is 2.22. The number of hydrogen-bond donors (Lipinski definition) is 1. The summed E-state index contributed by atoms with van der Waals surface area (Å²) in [7, 11) is -0.854. The fourth-order valence-electron chi connectivity index (χ4n) is 3.64. The van der Waals surface area contributed by atoms with Gasteiger partial charge in [-0.2, -0.15) is 5.10 Å². The Morgan fingerprint density at radius 2 is 1.80 bits per heavy atom. The number of sulfonamides is 1. The number of amides is 1. The van der Waals surface area contributed by atoms with E-state index in [1.807, 2.05) is 48.7 Å². The maximum atomic E-state index is 12.6. The van der Waals surface area contributed by atoms with E-state index in [1.54, 1.807) is 6.07 Å². The number of ether oxygens (including phenoxy) is 2. The van der Waals surface area contributed by atoms with Gasteiger partial charge >= 0.3 is 0 Å². The Hall–Kier alpha value is -3.50. The molecule has 2 aromatic carbocycles. The van der Waals surface area contributed by atoms with Crippen molar-refractivity contribution in [3.8, 4) is 17.2 Å². The van der Waals surface area contributed by atoms with E-state index in [0.29, 0.717) is 16.5 Å². The molecule has 9 nitrogen and oxygen atoms in total. The van der Waals surface area contributed by atoms with Crippen LogP contribution in [-0.4, -0.2) is 52.1 Å². The zero-order chi connectivity index (χ0) is 25.8. The fraction of sp³-hybridized carbons (Fsp3) is 0.250. The molecule has 35 heavy (non-hydrogen) atoms. The van der Waals surface area contributed by atoms with Crippen LogP contribution in [0.2, 0.25) is 5.02 Å². The summed E-state index contributed by atoms with van der Waals surface area (Å²) in [4.78, 5) is 12.6. The molecule has 1 amide bonds. The Labute approximate surface area is 210 Å². The highest BCUT2D eigenvalue weighted by atomic mass is 35.5. The number of nitrogens with one attached hydrogen (secondary N) is 1. The first-order valence-corrected chi connectivity index (χ1v) is 12.7. The van der Waals surface area contributed by atoms with Crippen molar-refractivity contribution in [3.63, 3.8) is 0 Å². The van der Waals surface area contributed by atoms with Crippen molar-refractivity contribution in [2.75, 3.05) is 31.3 Å². The van der Waals surface area contributed by atoms with E-state index >= 15 is 0 Å². The number of nitrogens with zero attached hydrogens (tertiary/aromatic N) is 3. The molecule has 0 saturated carbocycles. The van der Waals surface area contributed by atoms with Gasteiger partial charge < -0.3 is 14.0 Å². The molecular weight excluding hydrogens is 492 g/mol. The van der Waals surface area contributed by atoms with Crippen molar-refractivity contribution in [1.82, 2.24) is 9.99 Å². The van der Waals surface area contributed by atoms with Crippen molar-refractivity contribution in [2.24, 2.45) is 5.10 Å². The van der Waals surface area contributed by atoms with E-state index in [9.17, 15) is 13.2 Å². The van der Waals surface area contributed by atoms with Crippen LogP contribution in [0.25, 0.3) is 5.69 Å². The number of aromatic nitrogens is 1. The van der Waals surface area contributed by atoms with E-state index in [0.717, 1.165) is 33.2 Å². The molecule has 0 spiro atoms. The number of anilines is 1. The molecule has 1 heterocycles. The molecule has 3 rings (SSSR count). The van der Waals surface area contributed by atoms with Crippen LogP contribution >= 0.6 is 11.6 Å². The third-order valence-electron chi connectivity index (χ3n) is 5.30. The number of carbonyl (C=O) groups excluding carboxylic acids is 1. The topological polar surface area (TPSA) is 102 Å². The van der Waals surface area contributed by atoms with Crippen LogP contribution in [-0.2, 0) is 14.8 Å². The smallest absolute Gasteiger partial charge is 0.260 e. The molecule has 11 heteroatoms. The number of methoxy groups -OCH3 is 2. The average Bonchev–Trinajstić information content (AvgIpc) is 3.09. The lowest BCUT2D eigenvalue weighted by atomic mass is 10.2. The van der Waals surface area contributed by atoms with E-state index < -0.39 is 22.5 Å². The molecule has 3 aromatic rings. The van der Waals surface area contributed by atoms with Gasteiger partial charge in [-0.25, -0.2) is 13.8 Å². The molecular formula is C24H27ClN4O5S. The molecule has 186 valence electrons. The Bertz CT molecular complexity index is 1370. The second-order valence-corrected chi connectivity index (χ2v) is 10.0. The van der Waals surface area contributed by atoms with Crippen molar-refractivity contribution >= 4 is 39.4 Å². The molecule has 0 bridgehead atoms. The number of carbonyl (C=O) groups is 1. The maximum Gasteiger partial charge on any atom is 0.260 e. The second-order valence-electron chi connectivity index (χ2n) is 7.72. The molecule has 0 aliphatic carbocycles. The van der Waals surface area contributed by atoms with Gasteiger partial charge in [0, 0.05) is 23.0 Å². The summed E-state index contributed by atoms with van der Waals surface area (Å²) in [6, 6.07) is 14.0. The van der Waals surface area contributed by atoms with Crippen LogP contribution in [0.5, 0.6) is 11.5 Å². The number of hydrogen-bond acceptors (Lipinski definition) is 6. The molecule has 0 fully saturated rings.